The van der Waals surface area contributed by atoms with Crippen molar-refractivity contribution in [1.29, 1.82) is 0 Å². The molecular formula is C105H148N8O25S6-4. The molecule has 0 saturated carbocycles. The predicted octanol–water partition coefficient (Wildman–Crippen LogP) is 15.3. The zero-order chi connectivity index (χ0) is 108. The van der Waals surface area contributed by atoms with E-state index in [1.54, 1.807) is 6.08 Å². The van der Waals surface area contributed by atoms with E-state index < -0.39 is 132 Å². The molecular weight excluding hydrogens is 1970 g/mol. The van der Waals surface area contributed by atoms with Crippen molar-refractivity contribution < 1.29 is 121 Å². The van der Waals surface area contributed by atoms with Gasteiger partial charge in [0, 0.05) is 158 Å². The summed E-state index contributed by atoms with van der Waals surface area (Å²) in [5.74, 6) is 0.326. The van der Waals surface area contributed by atoms with Gasteiger partial charge in [0.25, 0.3) is 11.8 Å². The SMILES string of the molecule is C#CCNC(=O)CCCCCC1(C)C(=CC=CC=CC2=[N+](CCCCC(=O)NCC(C)S(=O)(=O)[O-])c3ccc(C)cc3C2(C)C)N(CCCS(=O)(=O)[O-])c2ccc(S(=O)(=O)[O-])cc21.CCC(CC)CC.CCC(CC)CC.Cc1ccc2c(c1)C(C)(C)C(C=CC=CC=C1N(CCCS(=O)(=O)[O-])c3ccc(S(=O)(=O)[O-])cc3C1(C)CCCCCC(=O)ON1C(=O)CCC1=O)=[N+]2CCCCC(=O)NCC(C)S(=O)(=O)[O-]. The molecule has 5 aliphatic heterocycles. The lowest BCUT2D eigenvalue weighted by Gasteiger charge is -2.31. The molecule has 798 valence electrons. The first-order valence-corrected chi connectivity index (χ1v) is 58.7. The van der Waals surface area contributed by atoms with E-state index in [9.17, 15) is 107 Å². The normalized spacial score (nSPS) is 18.2. The smallest absolute Gasteiger partial charge is 0.333 e. The Kier molecular flexibility index (Phi) is 47.3. The maximum Gasteiger partial charge on any atom is 0.333 e. The molecule has 0 bridgehead atoms. The number of rotatable bonds is 52. The van der Waals surface area contributed by atoms with Gasteiger partial charge in [0.15, 0.2) is 11.4 Å². The Bertz CT molecular complexity index is 6180. The molecule has 0 aromatic heterocycles. The Morgan fingerprint density at radius 1 is 0.451 bits per heavy atom. The van der Waals surface area contributed by atoms with Crippen molar-refractivity contribution in [1.82, 2.24) is 21.0 Å². The highest BCUT2D eigenvalue weighted by Gasteiger charge is 2.48. The zero-order valence-corrected chi connectivity index (χ0v) is 91.1. The van der Waals surface area contributed by atoms with E-state index in [0.717, 1.165) is 56.9 Å². The molecule has 144 heavy (non-hydrogen) atoms. The fourth-order valence-corrected chi connectivity index (χ4v) is 21.1. The molecule has 4 aromatic carbocycles. The number of anilines is 2. The van der Waals surface area contributed by atoms with Gasteiger partial charge in [0.2, 0.25) is 29.1 Å². The number of allylic oxidation sites excluding steroid dienone is 12. The standard InChI is InChI=1S/C46H60N4O14S3.C45H60N4O11S3.2C7H16/c1-32-19-21-37-35(29-32)45(3,4)39(48(37)26-13-11-17-41(51)47-31-33(2)66(58,59)60)15-8-6-9-16-40-46(5,25-12-7-10-18-44(54)64-50-42(52)23-24-43(50)53)36-30-34(67(61,62)63)20-22-38(36)49(40)27-14-28-65(55,56)57;1-7-26-46-42(50)19-12-9-14-25-45(6)37-31-35(63(58,59)60)22-24-39(37)49(28-16-29-61(52,53)54)41(45)18-11-8-10-17-40-44(4,5)36-30-33(2)21-23-38(36)48(40)27-15-13-20-43(51)47-32-34(3)62(55,56)57;2*1-4-7(5-2)6-3/h6,8-9,15-16,19-22,29-30,33H,7,10-14,17-18,23-28,31H2,1-5H3,(H3-,47,51,55,56,57,58,59,60,61,62,63);1,8,10-11,17-18,21-24,30-31,34H,9,12-16,19-20,25-29,32H2,2-6H3,(H4-,46,47,50,51,52,53,54,55,56,57,58,59,60);2*7H,4-6H2,1-3H3/p-4. The van der Waals surface area contributed by atoms with Gasteiger partial charge in [0.1, 0.15) is 33.3 Å². The number of aryl methyl sites for hydroxylation is 2. The van der Waals surface area contributed by atoms with Crippen molar-refractivity contribution in [3.63, 3.8) is 0 Å². The van der Waals surface area contributed by atoms with Crippen molar-refractivity contribution in [2.45, 2.75) is 320 Å². The van der Waals surface area contributed by atoms with Crippen LogP contribution in [0.15, 0.2) is 155 Å². The van der Waals surface area contributed by atoms with Crippen LogP contribution in [0.2, 0.25) is 0 Å². The first-order valence-electron chi connectivity index (χ1n) is 49.8. The maximum atomic E-state index is 12.5. The molecule has 0 aliphatic carbocycles. The van der Waals surface area contributed by atoms with Crippen LogP contribution in [-0.4, -0.2) is 207 Å². The van der Waals surface area contributed by atoms with E-state index >= 15 is 0 Å². The van der Waals surface area contributed by atoms with Crippen molar-refractivity contribution >= 4 is 130 Å². The summed E-state index contributed by atoms with van der Waals surface area (Å²) in [4.78, 5) is 81.1. The second kappa shape index (κ2) is 55.4. The summed E-state index contributed by atoms with van der Waals surface area (Å²) in [6, 6.07) is 20.6. The van der Waals surface area contributed by atoms with Crippen molar-refractivity contribution in [2.75, 3.05) is 67.1 Å². The second-order valence-corrected chi connectivity index (χ2v) is 48.3. The lowest BCUT2D eigenvalue weighted by Crippen LogP contribution is -2.34. The molecule has 33 nitrogen and oxygen atoms in total. The molecule has 4 atom stereocenters. The van der Waals surface area contributed by atoms with Crippen LogP contribution in [0, 0.1) is 38.0 Å². The number of terminal acetylenes is 1. The van der Waals surface area contributed by atoms with E-state index in [1.165, 1.54) is 88.8 Å². The Balaban J connectivity index is 0.000000388. The summed E-state index contributed by atoms with van der Waals surface area (Å²) in [6.07, 6.45) is 38.8. The van der Waals surface area contributed by atoms with Crippen LogP contribution in [-0.2, 0) is 116 Å². The minimum Gasteiger partial charge on any atom is -0.748 e. The Labute approximate surface area is 855 Å². The minimum absolute atomic E-state index is 0.00438. The number of carbonyl (C=O) groups is 6. The van der Waals surface area contributed by atoms with Crippen LogP contribution in [0.3, 0.4) is 0 Å². The average Bonchev–Trinajstić information content (AvgIpc) is 1.58. The third-order valence-corrected chi connectivity index (χ3v) is 33.1. The van der Waals surface area contributed by atoms with Crippen LogP contribution in [0.25, 0.3) is 0 Å². The predicted molar refractivity (Wildman–Crippen MR) is 553 cm³/mol. The lowest BCUT2D eigenvalue weighted by molar-refractivity contribution is -0.438. The van der Waals surface area contributed by atoms with Gasteiger partial charge in [-0.15, -0.1) is 11.5 Å². The fourth-order valence-electron chi connectivity index (χ4n) is 18.6. The highest BCUT2D eigenvalue weighted by Crippen LogP contribution is 2.54. The molecule has 1 fully saturated rings. The molecule has 5 aliphatic rings. The minimum atomic E-state index is -4.88. The van der Waals surface area contributed by atoms with Gasteiger partial charge in [-0.25, -0.2) is 55.3 Å². The first kappa shape index (κ1) is 123. The summed E-state index contributed by atoms with van der Waals surface area (Å²) in [7, 11) is -27.8. The zero-order valence-electron chi connectivity index (χ0n) is 86.2. The van der Waals surface area contributed by atoms with Gasteiger partial charge in [-0.1, -0.05) is 171 Å². The quantitative estimate of drug-likeness (QED) is 0.00923. The average molecular weight is 2110 g/mol. The van der Waals surface area contributed by atoms with E-state index in [-0.39, 0.29) is 102 Å². The summed E-state index contributed by atoms with van der Waals surface area (Å²) in [5, 5.41) is 5.72. The van der Waals surface area contributed by atoms with Crippen LogP contribution >= 0.6 is 0 Å². The molecule has 4 unspecified atom stereocenters. The van der Waals surface area contributed by atoms with E-state index in [2.05, 4.69) is 125 Å². The van der Waals surface area contributed by atoms with E-state index in [1.807, 2.05) is 104 Å². The van der Waals surface area contributed by atoms with Crippen molar-refractivity contribution in [2.24, 2.45) is 11.8 Å². The second-order valence-electron chi connectivity index (χ2n) is 38.9. The number of benzene rings is 4. The topological polar surface area (TPSA) is 507 Å². The van der Waals surface area contributed by atoms with Gasteiger partial charge in [0.05, 0.1) is 78.1 Å². The summed E-state index contributed by atoms with van der Waals surface area (Å²) < 4.78 is 215. The molecule has 4 aromatic rings. The molecule has 3 N–H and O–H groups in total. The molecule has 39 heteroatoms. The largest absolute Gasteiger partial charge is 0.748 e. The number of hydroxylamine groups is 2. The van der Waals surface area contributed by atoms with Crippen LogP contribution in [0.5, 0.6) is 0 Å². The molecule has 0 spiro atoms. The van der Waals surface area contributed by atoms with E-state index in [4.69, 9.17) is 11.3 Å². The van der Waals surface area contributed by atoms with Crippen LogP contribution < -0.4 is 25.8 Å². The summed E-state index contributed by atoms with van der Waals surface area (Å²) in [5.41, 5.74) is 9.43. The number of carbonyl (C=O) groups excluding carboxylic acids is 6. The van der Waals surface area contributed by atoms with Gasteiger partial charge in [-0.3, -0.25) is 24.0 Å². The van der Waals surface area contributed by atoms with E-state index in [0.29, 0.717) is 129 Å². The van der Waals surface area contributed by atoms with Gasteiger partial charge >= 0.3 is 5.97 Å². The van der Waals surface area contributed by atoms with Gasteiger partial charge in [-0.2, -0.15) is 9.15 Å². The molecule has 1 saturated heterocycles. The molecule has 9 rings (SSSR count). The molecule has 5 heterocycles. The lowest BCUT2D eigenvalue weighted by atomic mass is 9.77. The monoisotopic (exact) mass is 2110 g/mol. The number of fused-ring (bicyclic) bond motifs is 4. The number of nitrogens with zero attached hydrogens (tertiary/aromatic N) is 5. The fraction of sp³-hybridized carbons (Fsp3) is 0.562. The Hall–Kier alpha value is -9.70. The number of imide groups is 1. The summed E-state index contributed by atoms with van der Waals surface area (Å²) in [6.45, 7) is 33.4. The molecule has 5 amide bonds. The van der Waals surface area contributed by atoms with Crippen molar-refractivity contribution in [3.05, 3.63) is 178 Å². The van der Waals surface area contributed by atoms with Gasteiger partial charge < -0.3 is 57.9 Å². The Morgan fingerprint density at radius 2 is 0.806 bits per heavy atom. The first-order chi connectivity index (χ1) is 67.3. The highest BCUT2D eigenvalue weighted by atomic mass is 32.2. The maximum absolute atomic E-state index is 12.5. The molecule has 0 radical (unpaired) electrons. The third-order valence-electron chi connectivity index (χ3n) is 27.5. The van der Waals surface area contributed by atoms with Gasteiger partial charge in [-0.05, 0) is 204 Å². The van der Waals surface area contributed by atoms with Crippen LogP contribution in [0.1, 0.15) is 297 Å². The Morgan fingerprint density at radius 3 is 1.14 bits per heavy atom. The summed E-state index contributed by atoms with van der Waals surface area (Å²) >= 11 is 0. The number of hydrogen-bond acceptors (Lipinski definition) is 27. The number of nitrogens with one attached hydrogen (secondary N) is 3. The number of hydrogen-bond donors (Lipinski definition) is 3. The number of amides is 5. The van der Waals surface area contributed by atoms with Crippen LogP contribution in [0.4, 0.5) is 22.7 Å². The third kappa shape index (κ3) is 36.1. The number of unbranched alkanes of at least 4 members (excludes halogenated alkanes) is 6. The highest BCUT2D eigenvalue weighted by molar-refractivity contribution is 7.87. The van der Waals surface area contributed by atoms with Crippen molar-refractivity contribution in [3.8, 4) is 12.3 Å².